The highest BCUT2D eigenvalue weighted by Gasteiger charge is 2.43. The topological polar surface area (TPSA) is 41.7 Å². The summed E-state index contributed by atoms with van der Waals surface area (Å²) in [6.07, 6.45) is 4.69. The molecule has 0 spiro atoms. The minimum atomic E-state index is -0.0206. The fourth-order valence-corrected chi connectivity index (χ4v) is 6.70. The Morgan fingerprint density at radius 2 is 1.39 bits per heavy atom. The number of hydrogen-bond acceptors (Lipinski definition) is 4. The second-order valence-corrected chi connectivity index (χ2v) is 11.8. The lowest BCUT2D eigenvalue weighted by Gasteiger charge is -2.39. The molecule has 2 heterocycles. The number of rotatable bonds is 9. The third kappa shape index (κ3) is 5.62. The van der Waals surface area contributed by atoms with Gasteiger partial charge in [-0.1, -0.05) is 74.0 Å². The number of unbranched alkanes of at least 4 members (excludes halogenated alkanes) is 1. The lowest BCUT2D eigenvalue weighted by Crippen LogP contribution is -2.50. The maximum atomic E-state index is 6.84. The van der Waals surface area contributed by atoms with Crippen LogP contribution in [0.25, 0.3) is 0 Å². The maximum absolute atomic E-state index is 6.84. The standard InChI is InChI=1S/C34H45N3O/c1-25-26(2)38-27(3)31-23-34(4,33(35)32(25)31)24-37-21-19-36(20-22-37)18-12-11-17-30(28-13-7-5-8-14-28)29-15-9-6-10-16-29/h5-10,13-16,30H,11-12,17-24,35H2,1-4H3. The minimum Gasteiger partial charge on any atom is -0.466 e. The molecular formula is C34H45N3O. The molecule has 0 saturated carbocycles. The Balaban J connectivity index is 1.11. The van der Waals surface area contributed by atoms with Gasteiger partial charge < -0.3 is 15.4 Å². The molecular weight excluding hydrogens is 466 g/mol. The maximum Gasteiger partial charge on any atom is 0.104 e. The zero-order valence-electron chi connectivity index (χ0n) is 23.8. The third-order valence-electron chi connectivity index (χ3n) is 9.08. The Morgan fingerprint density at radius 3 is 2.00 bits per heavy atom. The molecule has 0 bridgehead atoms. The number of ether oxygens (including phenoxy) is 1. The van der Waals surface area contributed by atoms with Crippen molar-refractivity contribution < 1.29 is 4.74 Å². The van der Waals surface area contributed by atoms with Gasteiger partial charge in [0.15, 0.2) is 0 Å². The van der Waals surface area contributed by atoms with Crippen molar-refractivity contribution in [2.75, 3.05) is 39.3 Å². The number of allylic oxidation sites excluding steroid dienone is 5. The molecule has 2 aliphatic heterocycles. The SMILES string of the molecule is CC1=C(C)C2=C(N)C(C)(CN3CCN(CCCCC(c4ccccc4)c4ccccc4)CC3)CC2=C(C)O1. The van der Waals surface area contributed by atoms with Gasteiger partial charge in [0.2, 0.25) is 0 Å². The van der Waals surface area contributed by atoms with Gasteiger partial charge in [0.1, 0.15) is 11.5 Å². The first-order valence-corrected chi connectivity index (χ1v) is 14.5. The molecule has 2 N–H and O–H groups in total. The highest BCUT2D eigenvalue weighted by Crippen LogP contribution is 2.50. The average molecular weight is 512 g/mol. The van der Waals surface area contributed by atoms with Gasteiger partial charge in [0.25, 0.3) is 0 Å². The molecule has 1 unspecified atom stereocenters. The van der Waals surface area contributed by atoms with E-state index in [1.54, 1.807) is 0 Å². The van der Waals surface area contributed by atoms with Crippen LogP contribution in [0.3, 0.4) is 0 Å². The van der Waals surface area contributed by atoms with Crippen molar-refractivity contribution in [3.63, 3.8) is 0 Å². The van der Waals surface area contributed by atoms with Gasteiger partial charge in [-0.3, -0.25) is 4.90 Å². The van der Waals surface area contributed by atoms with E-state index in [0.29, 0.717) is 5.92 Å². The summed E-state index contributed by atoms with van der Waals surface area (Å²) in [7, 11) is 0. The van der Waals surface area contributed by atoms with Crippen molar-refractivity contribution in [1.82, 2.24) is 9.80 Å². The van der Waals surface area contributed by atoms with Crippen molar-refractivity contribution in [2.45, 2.75) is 59.3 Å². The van der Waals surface area contributed by atoms with Crippen molar-refractivity contribution in [3.8, 4) is 0 Å². The number of nitrogens with two attached hydrogens (primary N) is 1. The Bertz CT molecular complexity index is 1170. The van der Waals surface area contributed by atoms with Crippen molar-refractivity contribution in [1.29, 1.82) is 0 Å². The van der Waals surface area contributed by atoms with Gasteiger partial charge in [-0.2, -0.15) is 0 Å². The Kier molecular flexibility index (Phi) is 8.11. The highest BCUT2D eigenvalue weighted by atomic mass is 16.5. The molecule has 3 aliphatic rings. The summed E-state index contributed by atoms with van der Waals surface area (Å²) in [5.41, 5.74) is 14.5. The fraction of sp³-hybridized carbons (Fsp3) is 0.471. The molecule has 1 saturated heterocycles. The van der Waals surface area contributed by atoms with Crippen LogP contribution in [0, 0.1) is 5.41 Å². The summed E-state index contributed by atoms with van der Waals surface area (Å²) in [6.45, 7) is 15.4. The molecule has 1 atom stereocenters. The van der Waals surface area contributed by atoms with E-state index in [4.69, 9.17) is 10.5 Å². The van der Waals surface area contributed by atoms with Crippen LogP contribution < -0.4 is 5.73 Å². The summed E-state index contributed by atoms with van der Waals surface area (Å²) < 4.78 is 6.02. The highest BCUT2D eigenvalue weighted by molar-refractivity contribution is 5.58. The van der Waals surface area contributed by atoms with E-state index in [9.17, 15) is 0 Å². The second-order valence-electron chi connectivity index (χ2n) is 11.8. The van der Waals surface area contributed by atoms with E-state index in [0.717, 1.165) is 56.4 Å². The van der Waals surface area contributed by atoms with Crippen LogP contribution >= 0.6 is 0 Å². The van der Waals surface area contributed by atoms with Gasteiger partial charge >= 0.3 is 0 Å². The molecule has 0 radical (unpaired) electrons. The summed E-state index contributed by atoms with van der Waals surface area (Å²) >= 11 is 0. The van der Waals surface area contributed by atoms with E-state index in [1.165, 1.54) is 53.7 Å². The summed E-state index contributed by atoms with van der Waals surface area (Å²) in [4.78, 5) is 5.29. The van der Waals surface area contributed by atoms with Crippen LogP contribution in [-0.4, -0.2) is 49.1 Å². The molecule has 2 aromatic rings. The van der Waals surface area contributed by atoms with Crippen molar-refractivity contribution in [2.24, 2.45) is 11.1 Å². The first kappa shape index (κ1) is 26.8. The van der Waals surface area contributed by atoms with Gasteiger partial charge in [-0.05, 0) is 63.3 Å². The van der Waals surface area contributed by atoms with Crippen LogP contribution in [0.5, 0.6) is 0 Å². The Hall–Kier alpha value is -2.82. The molecule has 38 heavy (non-hydrogen) atoms. The summed E-state index contributed by atoms with van der Waals surface area (Å²) in [5.74, 6) is 2.50. The molecule has 4 heteroatoms. The lowest BCUT2D eigenvalue weighted by atomic mass is 9.85. The molecule has 1 fully saturated rings. The summed E-state index contributed by atoms with van der Waals surface area (Å²) in [6, 6.07) is 22.0. The smallest absolute Gasteiger partial charge is 0.104 e. The first-order chi connectivity index (χ1) is 18.4. The molecule has 1 aliphatic carbocycles. The number of hydrogen-bond donors (Lipinski definition) is 1. The quantitative estimate of drug-likeness (QED) is 0.375. The third-order valence-corrected chi connectivity index (χ3v) is 9.08. The first-order valence-electron chi connectivity index (χ1n) is 14.5. The van der Waals surface area contributed by atoms with E-state index < -0.39 is 0 Å². The molecule has 4 nitrogen and oxygen atoms in total. The average Bonchev–Trinajstić information content (AvgIpc) is 3.20. The van der Waals surface area contributed by atoms with E-state index >= 15 is 0 Å². The number of fused-ring (bicyclic) bond motifs is 1. The minimum absolute atomic E-state index is 0.0206. The Morgan fingerprint density at radius 1 is 0.816 bits per heavy atom. The molecule has 0 amide bonds. The molecule has 202 valence electrons. The normalized spacial score (nSPS) is 22.9. The molecule has 2 aromatic carbocycles. The predicted molar refractivity (Wildman–Crippen MR) is 158 cm³/mol. The van der Waals surface area contributed by atoms with Crippen LogP contribution in [0.15, 0.2) is 94.6 Å². The van der Waals surface area contributed by atoms with E-state index in [-0.39, 0.29) is 5.41 Å². The van der Waals surface area contributed by atoms with Crippen LogP contribution in [0.4, 0.5) is 0 Å². The van der Waals surface area contributed by atoms with Gasteiger partial charge in [-0.25, -0.2) is 0 Å². The van der Waals surface area contributed by atoms with E-state index in [1.807, 2.05) is 6.92 Å². The lowest BCUT2D eigenvalue weighted by molar-refractivity contribution is 0.102. The monoisotopic (exact) mass is 511 g/mol. The number of nitrogens with zero attached hydrogens (tertiary/aromatic N) is 2. The van der Waals surface area contributed by atoms with Crippen molar-refractivity contribution in [3.05, 3.63) is 106 Å². The van der Waals surface area contributed by atoms with Crippen LogP contribution in [0.1, 0.15) is 70.4 Å². The van der Waals surface area contributed by atoms with Crippen molar-refractivity contribution >= 4 is 0 Å². The van der Waals surface area contributed by atoms with E-state index in [2.05, 4.69) is 91.2 Å². The van der Waals surface area contributed by atoms with Crippen LogP contribution in [-0.2, 0) is 4.74 Å². The number of benzene rings is 2. The summed E-state index contributed by atoms with van der Waals surface area (Å²) in [5, 5.41) is 0. The molecule has 0 aromatic heterocycles. The van der Waals surface area contributed by atoms with Gasteiger partial charge in [-0.15, -0.1) is 0 Å². The Labute approximate surface area is 229 Å². The predicted octanol–water partition coefficient (Wildman–Crippen LogP) is 6.83. The van der Waals surface area contributed by atoms with Gasteiger partial charge in [0, 0.05) is 60.9 Å². The zero-order chi connectivity index (χ0) is 26.7. The van der Waals surface area contributed by atoms with Gasteiger partial charge in [0.05, 0.1) is 0 Å². The fourth-order valence-electron chi connectivity index (χ4n) is 6.70. The van der Waals surface area contributed by atoms with Crippen LogP contribution in [0.2, 0.25) is 0 Å². The zero-order valence-corrected chi connectivity index (χ0v) is 23.8. The second kappa shape index (κ2) is 11.5. The molecule has 5 rings (SSSR count). The largest absolute Gasteiger partial charge is 0.466 e. The number of piperazine rings is 1.